The van der Waals surface area contributed by atoms with Gasteiger partial charge in [0.25, 0.3) is 0 Å². The minimum Gasteiger partial charge on any atom is -0.494 e. The number of hydrogen-bond donors (Lipinski definition) is 3. The van der Waals surface area contributed by atoms with Gasteiger partial charge in [-0.2, -0.15) is 0 Å². The van der Waals surface area contributed by atoms with E-state index in [9.17, 15) is 4.79 Å². The van der Waals surface area contributed by atoms with E-state index < -0.39 is 0 Å². The minimum absolute atomic E-state index is 0.0381. The van der Waals surface area contributed by atoms with Crippen LogP contribution >= 0.6 is 0 Å². The number of carbonyl (C=O) groups excluding carboxylic acids is 1. The molecule has 0 aliphatic heterocycles. The summed E-state index contributed by atoms with van der Waals surface area (Å²) in [7, 11) is 0. The number of nitrogens with one attached hydrogen (secondary N) is 3. The lowest BCUT2D eigenvalue weighted by Crippen LogP contribution is -2.36. The van der Waals surface area contributed by atoms with Gasteiger partial charge in [0, 0.05) is 30.8 Å². The second-order valence-electron chi connectivity index (χ2n) is 6.59. The Bertz CT molecular complexity index is 805. The van der Waals surface area contributed by atoms with Gasteiger partial charge in [0.15, 0.2) is 5.96 Å². The lowest BCUT2D eigenvalue weighted by Gasteiger charge is -2.14. The summed E-state index contributed by atoms with van der Waals surface area (Å²) in [5.41, 5.74) is 2.92. The largest absolute Gasteiger partial charge is 0.494 e. The molecule has 156 valence electrons. The molecule has 0 saturated heterocycles. The second kappa shape index (κ2) is 12.4. The number of carbonyl (C=O) groups is 1. The van der Waals surface area contributed by atoms with Gasteiger partial charge in [-0.05, 0) is 44.0 Å². The summed E-state index contributed by atoms with van der Waals surface area (Å²) in [6, 6.07) is 15.8. The topological polar surface area (TPSA) is 74.8 Å². The number of hydrogen-bond acceptors (Lipinski definition) is 3. The molecule has 0 spiro atoms. The van der Waals surface area contributed by atoms with Crippen molar-refractivity contribution in [1.82, 2.24) is 10.6 Å². The summed E-state index contributed by atoms with van der Waals surface area (Å²) >= 11 is 0. The van der Waals surface area contributed by atoms with Crippen LogP contribution < -0.4 is 20.7 Å². The molecular weight excluding hydrogens is 364 g/mol. The molecule has 0 heterocycles. The van der Waals surface area contributed by atoms with Crippen molar-refractivity contribution in [3.05, 3.63) is 59.7 Å². The highest BCUT2D eigenvalue weighted by Gasteiger charge is 2.05. The van der Waals surface area contributed by atoms with Crippen molar-refractivity contribution < 1.29 is 9.53 Å². The maximum Gasteiger partial charge on any atom is 0.224 e. The number of ether oxygens (including phenoxy) is 1. The van der Waals surface area contributed by atoms with E-state index in [0.717, 1.165) is 41.5 Å². The Kier molecular flexibility index (Phi) is 9.55. The molecule has 0 aromatic heterocycles. The minimum atomic E-state index is 0.0381. The maximum absolute atomic E-state index is 11.8. The van der Waals surface area contributed by atoms with Gasteiger partial charge in [-0.1, -0.05) is 37.3 Å². The van der Waals surface area contributed by atoms with Crippen molar-refractivity contribution in [1.29, 1.82) is 0 Å². The fraction of sp³-hybridized carbons (Fsp3) is 0.391. The Morgan fingerprint density at radius 2 is 1.86 bits per heavy atom. The summed E-state index contributed by atoms with van der Waals surface area (Å²) in [4.78, 5) is 16.5. The lowest BCUT2D eigenvalue weighted by atomic mass is 10.2. The van der Waals surface area contributed by atoms with Gasteiger partial charge in [0.2, 0.25) is 5.91 Å². The normalized spacial score (nSPS) is 11.1. The molecule has 0 unspecified atom stereocenters. The lowest BCUT2D eigenvalue weighted by molar-refractivity contribution is -0.116. The van der Waals surface area contributed by atoms with Crippen molar-refractivity contribution in [3.8, 4) is 5.75 Å². The number of benzene rings is 2. The van der Waals surface area contributed by atoms with Crippen LogP contribution in [0.3, 0.4) is 0 Å². The number of rotatable bonds is 10. The Balaban J connectivity index is 2.01. The number of amides is 1. The third kappa shape index (κ3) is 7.86. The number of para-hydroxylation sites is 1. The number of nitrogens with zero attached hydrogens (tertiary/aromatic N) is 1. The summed E-state index contributed by atoms with van der Waals surface area (Å²) in [6.07, 6.45) is 1.36. The summed E-state index contributed by atoms with van der Waals surface area (Å²) in [5.74, 6) is 1.66. The van der Waals surface area contributed by atoms with Gasteiger partial charge >= 0.3 is 0 Å². The fourth-order valence-corrected chi connectivity index (χ4v) is 2.84. The quantitative estimate of drug-likeness (QED) is 0.418. The van der Waals surface area contributed by atoms with Gasteiger partial charge in [0.05, 0.1) is 13.2 Å². The first-order valence-corrected chi connectivity index (χ1v) is 10.3. The van der Waals surface area contributed by atoms with Crippen molar-refractivity contribution in [2.45, 2.75) is 46.7 Å². The molecule has 0 saturated carbocycles. The van der Waals surface area contributed by atoms with Crippen LogP contribution in [0, 0.1) is 0 Å². The van der Waals surface area contributed by atoms with E-state index in [1.807, 2.05) is 69.3 Å². The average molecular weight is 397 g/mol. The highest BCUT2D eigenvalue weighted by atomic mass is 16.5. The zero-order valence-electron chi connectivity index (χ0n) is 17.6. The Morgan fingerprint density at radius 3 is 2.62 bits per heavy atom. The molecule has 0 bridgehead atoms. The molecule has 6 heteroatoms. The molecule has 0 atom stereocenters. The van der Waals surface area contributed by atoms with Crippen molar-refractivity contribution in [3.63, 3.8) is 0 Å². The van der Waals surface area contributed by atoms with E-state index in [-0.39, 0.29) is 5.91 Å². The number of aliphatic imine (C=N–C) groups is 1. The van der Waals surface area contributed by atoms with Gasteiger partial charge in [-0.25, -0.2) is 4.99 Å². The van der Waals surface area contributed by atoms with Crippen LogP contribution in [0.1, 0.15) is 44.7 Å². The first-order valence-electron chi connectivity index (χ1n) is 10.3. The van der Waals surface area contributed by atoms with Crippen molar-refractivity contribution in [2.75, 3.05) is 18.5 Å². The summed E-state index contributed by atoms with van der Waals surface area (Å²) in [6.45, 7) is 8.55. The standard InChI is InChI=1S/C23H32N4O2/c1-4-10-22(28)27-20-13-9-11-18(15-20)16-25-23(24-5-2)26-17-19-12-7-8-14-21(19)29-6-3/h7-9,11-15H,4-6,10,16-17H2,1-3H3,(H,27,28)(H2,24,25,26). The van der Waals surface area contributed by atoms with E-state index in [0.29, 0.717) is 26.1 Å². The zero-order chi connectivity index (χ0) is 20.9. The summed E-state index contributed by atoms with van der Waals surface area (Å²) in [5, 5.41) is 9.55. The van der Waals surface area contributed by atoms with E-state index >= 15 is 0 Å². The van der Waals surface area contributed by atoms with Gasteiger partial charge in [-0.3, -0.25) is 4.79 Å². The molecule has 0 radical (unpaired) electrons. The molecule has 0 aliphatic rings. The predicted octanol–water partition coefficient (Wildman–Crippen LogP) is 4.08. The molecule has 2 aromatic carbocycles. The maximum atomic E-state index is 11.8. The molecule has 2 rings (SSSR count). The highest BCUT2D eigenvalue weighted by molar-refractivity contribution is 5.90. The van der Waals surface area contributed by atoms with Crippen LogP contribution in [0.2, 0.25) is 0 Å². The van der Waals surface area contributed by atoms with Crippen molar-refractivity contribution in [2.24, 2.45) is 4.99 Å². The molecule has 1 amide bonds. The molecule has 0 aliphatic carbocycles. The smallest absolute Gasteiger partial charge is 0.224 e. The average Bonchev–Trinajstić information content (AvgIpc) is 2.72. The molecule has 0 fully saturated rings. The summed E-state index contributed by atoms with van der Waals surface area (Å²) < 4.78 is 5.69. The molecular formula is C23H32N4O2. The Labute approximate surface area is 173 Å². The number of anilines is 1. The predicted molar refractivity (Wildman–Crippen MR) is 119 cm³/mol. The van der Waals surface area contributed by atoms with Crippen LogP contribution in [-0.4, -0.2) is 25.0 Å². The third-order valence-corrected chi connectivity index (χ3v) is 4.17. The van der Waals surface area contributed by atoms with Gasteiger partial charge < -0.3 is 20.7 Å². The first-order chi connectivity index (χ1) is 14.2. The second-order valence-corrected chi connectivity index (χ2v) is 6.59. The SMILES string of the molecule is CCCC(=O)Nc1cccc(CN=C(NCC)NCc2ccccc2OCC)c1. The zero-order valence-corrected chi connectivity index (χ0v) is 17.6. The Morgan fingerprint density at radius 1 is 1.03 bits per heavy atom. The van der Waals surface area contributed by atoms with Crippen LogP contribution in [0.5, 0.6) is 5.75 Å². The van der Waals surface area contributed by atoms with E-state index in [2.05, 4.69) is 20.9 Å². The van der Waals surface area contributed by atoms with Gasteiger partial charge in [-0.15, -0.1) is 0 Å². The number of guanidine groups is 1. The van der Waals surface area contributed by atoms with E-state index in [1.165, 1.54) is 0 Å². The van der Waals surface area contributed by atoms with Crippen LogP contribution in [0.15, 0.2) is 53.5 Å². The Hall–Kier alpha value is -3.02. The van der Waals surface area contributed by atoms with E-state index in [4.69, 9.17) is 4.74 Å². The molecule has 2 aromatic rings. The van der Waals surface area contributed by atoms with Crippen LogP contribution in [-0.2, 0) is 17.9 Å². The molecule has 6 nitrogen and oxygen atoms in total. The molecule has 3 N–H and O–H groups in total. The van der Waals surface area contributed by atoms with Crippen LogP contribution in [0.25, 0.3) is 0 Å². The third-order valence-electron chi connectivity index (χ3n) is 4.17. The fourth-order valence-electron chi connectivity index (χ4n) is 2.84. The first kappa shape index (κ1) is 22.3. The van der Waals surface area contributed by atoms with Crippen LogP contribution in [0.4, 0.5) is 5.69 Å². The van der Waals surface area contributed by atoms with Gasteiger partial charge in [0.1, 0.15) is 5.75 Å². The molecule has 29 heavy (non-hydrogen) atoms. The monoisotopic (exact) mass is 396 g/mol. The van der Waals surface area contributed by atoms with E-state index in [1.54, 1.807) is 0 Å². The highest BCUT2D eigenvalue weighted by Crippen LogP contribution is 2.17. The van der Waals surface area contributed by atoms with Crippen molar-refractivity contribution >= 4 is 17.6 Å².